The lowest BCUT2D eigenvalue weighted by Gasteiger charge is -2.12. The molecule has 0 atom stereocenters. The normalized spacial score (nSPS) is 14.9. The first-order valence-corrected chi connectivity index (χ1v) is 9.74. The molecule has 1 aliphatic rings. The quantitative estimate of drug-likeness (QED) is 0.665. The summed E-state index contributed by atoms with van der Waals surface area (Å²) in [4.78, 5) is 38.0. The number of thioether (sulfide) groups is 1. The van der Waals surface area contributed by atoms with E-state index in [1.807, 2.05) is 0 Å². The van der Waals surface area contributed by atoms with Crippen LogP contribution in [-0.4, -0.2) is 42.7 Å². The van der Waals surface area contributed by atoms with E-state index < -0.39 is 29.4 Å². The minimum Gasteiger partial charge on any atom is -0.493 e. The van der Waals surface area contributed by atoms with E-state index in [0.717, 1.165) is 22.7 Å². The molecule has 3 rings (SSSR count). The maximum absolute atomic E-state index is 13.2. The van der Waals surface area contributed by atoms with E-state index in [1.165, 1.54) is 32.4 Å². The highest BCUT2D eigenvalue weighted by atomic mass is 35.5. The fraction of sp³-hybridized carbons (Fsp3) is 0.150. The van der Waals surface area contributed by atoms with Crippen LogP contribution in [0.3, 0.4) is 0 Å². The molecule has 1 fully saturated rings. The second-order valence-electron chi connectivity index (χ2n) is 6.06. The fourth-order valence-corrected chi connectivity index (χ4v) is 3.67. The number of hydrogen-bond acceptors (Lipinski definition) is 6. The number of halogens is 2. The molecule has 0 aliphatic carbocycles. The van der Waals surface area contributed by atoms with Gasteiger partial charge >= 0.3 is 0 Å². The number of imide groups is 1. The summed E-state index contributed by atoms with van der Waals surface area (Å²) in [5.74, 6) is -0.830. The van der Waals surface area contributed by atoms with Crippen molar-refractivity contribution in [3.63, 3.8) is 0 Å². The van der Waals surface area contributed by atoms with Gasteiger partial charge in [-0.25, -0.2) is 4.39 Å². The molecule has 2 aromatic carbocycles. The second-order valence-corrected chi connectivity index (χ2v) is 7.46. The average molecular weight is 451 g/mol. The lowest BCUT2D eigenvalue weighted by Crippen LogP contribution is -2.36. The lowest BCUT2D eigenvalue weighted by molar-refractivity contribution is -0.127. The van der Waals surface area contributed by atoms with Crippen LogP contribution in [0.25, 0.3) is 6.08 Å². The van der Waals surface area contributed by atoms with Crippen molar-refractivity contribution in [1.82, 2.24) is 4.90 Å². The molecule has 0 bridgehead atoms. The molecule has 0 spiro atoms. The van der Waals surface area contributed by atoms with E-state index in [2.05, 4.69) is 5.32 Å². The van der Waals surface area contributed by atoms with Gasteiger partial charge in [-0.2, -0.15) is 0 Å². The molecule has 2 aromatic rings. The Balaban J connectivity index is 1.72. The molecule has 10 heteroatoms. The SMILES string of the molecule is COc1ccc(/C=C2\SC(=O)N(CC(=O)Nc3ccc(F)c(Cl)c3)C2=O)cc1OC. The van der Waals surface area contributed by atoms with Crippen LogP contribution >= 0.6 is 23.4 Å². The van der Waals surface area contributed by atoms with Crippen molar-refractivity contribution in [2.45, 2.75) is 0 Å². The molecule has 30 heavy (non-hydrogen) atoms. The smallest absolute Gasteiger partial charge is 0.294 e. The zero-order valence-electron chi connectivity index (χ0n) is 15.9. The van der Waals surface area contributed by atoms with Gasteiger partial charge in [-0.15, -0.1) is 0 Å². The molecular weight excluding hydrogens is 435 g/mol. The van der Waals surface area contributed by atoms with Crippen molar-refractivity contribution in [2.75, 3.05) is 26.1 Å². The van der Waals surface area contributed by atoms with Crippen molar-refractivity contribution in [1.29, 1.82) is 0 Å². The summed E-state index contributed by atoms with van der Waals surface area (Å²) in [6.07, 6.45) is 1.53. The zero-order valence-corrected chi connectivity index (χ0v) is 17.5. The third kappa shape index (κ3) is 4.74. The molecular formula is C20H16ClFN2O5S. The first-order valence-electron chi connectivity index (χ1n) is 8.54. The third-order valence-electron chi connectivity index (χ3n) is 4.08. The van der Waals surface area contributed by atoms with Gasteiger partial charge in [-0.3, -0.25) is 19.3 Å². The Bertz CT molecular complexity index is 1060. The largest absolute Gasteiger partial charge is 0.493 e. The molecule has 0 saturated carbocycles. The topological polar surface area (TPSA) is 84.9 Å². The number of ether oxygens (including phenoxy) is 2. The number of nitrogens with one attached hydrogen (secondary N) is 1. The lowest BCUT2D eigenvalue weighted by atomic mass is 10.2. The standard InChI is InChI=1S/C20H16ClFN2O5S/c1-28-15-6-3-11(7-16(15)29-2)8-17-19(26)24(20(27)30-17)10-18(25)23-12-4-5-14(22)13(21)9-12/h3-9H,10H2,1-2H3,(H,23,25)/b17-8-. The van der Waals surface area contributed by atoms with Gasteiger partial charge in [0, 0.05) is 5.69 Å². The predicted molar refractivity (Wildman–Crippen MR) is 112 cm³/mol. The number of anilines is 1. The van der Waals surface area contributed by atoms with E-state index >= 15 is 0 Å². The highest BCUT2D eigenvalue weighted by Crippen LogP contribution is 2.34. The van der Waals surface area contributed by atoms with Crippen LogP contribution in [0.1, 0.15) is 5.56 Å². The van der Waals surface area contributed by atoms with Gasteiger partial charge in [-0.05, 0) is 53.7 Å². The summed E-state index contributed by atoms with van der Waals surface area (Å²) in [5, 5.41) is 1.75. The maximum atomic E-state index is 13.2. The Morgan fingerprint density at radius 2 is 1.90 bits per heavy atom. The van der Waals surface area contributed by atoms with Crippen molar-refractivity contribution < 1.29 is 28.2 Å². The van der Waals surface area contributed by atoms with E-state index in [-0.39, 0.29) is 15.6 Å². The maximum Gasteiger partial charge on any atom is 0.294 e. The van der Waals surface area contributed by atoms with E-state index in [1.54, 1.807) is 18.2 Å². The van der Waals surface area contributed by atoms with Gasteiger partial charge in [-0.1, -0.05) is 17.7 Å². The molecule has 1 N–H and O–H groups in total. The molecule has 0 aromatic heterocycles. The molecule has 0 radical (unpaired) electrons. The Kier molecular flexibility index (Phi) is 6.63. The predicted octanol–water partition coefficient (Wildman–Crippen LogP) is 4.17. The van der Waals surface area contributed by atoms with Gasteiger partial charge in [0.2, 0.25) is 5.91 Å². The number of amides is 3. The summed E-state index contributed by atoms with van der Waals surface area (Å²) < 4.78 is 23.6. The Morgan fingerprint density at radius 3 is 2.57 bits per heavy atom. The summed E-state index contributed by atoms with van der Waals surface area (Å²) in [6, 6.07) is 8.71. The average Bonchev–Trinajstić information content (AvgIpc) is 2.98. The number of carbonyl (C=O) groups is 3. The van der Waals surface area contributed by atoms with Gasteiger partial charge in [0.05, 0.1) is 24.1 Å². The number of methoxy groups -OCH3 is 2. The molecule has 1 saturated heterocycles. The van der Waals surface area contributed by atoms with Crippen molar-refractivity contribution >= 4 is 52.2 Å². The zero-order chi connectivity index (χ0) is 21.8. The summed E-state index contributed by atoms with van der Waals surface area (Å²) in [5.41, 5.74) is 0.878. The van der Waals surface area contributed by atoms with Gasteiger partial charge in [0.1, 0.15) is 12.4 Å². The van der Waals surface area contributed by atoms with Crippen LogP contribution in [-0.2, 0) is 9.59 Å². The Hall–Kier alpha value is -3.04. The van der Waals surface area contributed by atoms with Gasteiger partial charge < -0.3 is 14.8 Å². The monoisotopic (exact) mass is 450 g/mol. The number of nitrogens with zero attached hydrogens (tertiary/aromatic N) is 1. The molecule has 0 unspecified atom stereocenters. The highest BCUT2D eigenvalue weighted by Gasteiger charge is 2.36. The van der Waals surface area contributed by atoms with E-state index in [9.17, 15) is 18.8 Å². The van der Waals surface area contributed by atoms with Gasteiger partial charge in [0.25, 0.3) is 11.1 Å². The van der Waals surface area contributed by atoms with Crippen molar-refractivity contribution in [3.05, 3.63) is 57.7 Å². The Morgan fingerprint density at radius 1 is 1.17 bits per heavy atom. The van der Waals surface area contributed by atoms with E-state index in [0.29, 0.717) is 17.1 Å². The fourth-order valence-electron chi connectivity index (χ4n) is 2.65. The second kappa shape index (κ2) is 9.19. The molecule has 156 valence electrons. The number of hydrogen-bond donors (Lipinski definition) is 1. The minimum atomic E-state index is -0.624. The van der Waals surface area contributed by atoms with Crippen LogP contribution in [0.2, 0.25) is 5.02 Å². The van der Waals surface area contributed by atoms with Crippen LogP contribution in [0, 0.1) is 5.82 Å². The van der Waals surface area contributed by atoms with Crippen LogP contribution in [0.4, 0.5) is 14.9 Å². The number of rotatable bonds is 6. The van der Waals surface area contributed by atoms with Gasteiger partial charge in [0.15, 0.2) is 11.5 Å². The molecule has 1 aliphatic heterocycles. The van der Waals surface area contributed by atoms with Crippen molar-refractivity contribution in [2.24, 2.45) is 0 Å². The van der Waals surface area contributed by atoms with Crippen molar-refractivity contribution in [3.8, 4) is 11.5 Å². The summed E-state index contributed by atoms with van der Waals surface area (Å²) in [6.45, 7) is -0.483. The highest BCUT2D eigenvalue weighted by molar-refractivity contribution is 8.18. The molecule has 7 nitrogen and oxygen atoms in total. The molecule has 3 amide bonds. The van der Waals surface area contributed by atoms with Crippen LogP contribution in [0.5, 0.6) is 11.5 Å². The Labute approximate surface area is 180 Å². The van der Waals surface area contributed by atoms with E-state index in [4.69, 9.17) is 21.1 Å². The first-order chi connectivity index (χ1) is 14.3. The van der Waals surface area contributed by atoms with Crippen LogP contribution in [0.15, 0.2) is 41.3 Å². The number of benzene rings is 2. The van der Waals surface area contributed by atoms with Crippen LogP contribution < -0.4 is 14.8 Å². The molecule has 1 heterocycles. The third-order valence-corrected chi connectivity index (χ3v) is 5.28. The first kappa shape index (κ1) is 21.7. The number of carbonyl (C=O) groups excluding carboxylic acids is 3. The summed E-state index contributed by atoms with van der Waals surface area (Å²) in [7, 11) is 3.00. The minimum absolute atomic E-state index is 0.156. The summed E-state index contributed by atoms with van der Waals surface area (Å²) >= 11 is 6.41.